The standard InChI is InChI=1S/C20H38/c1-15(2)19(12-9-17(5)10-13-19)20(16(3)4)11-7-8-18(6)14-20/h15-18H,7-14H2,1-6H3. The first-order valence-electron chi connectivity index (χ1n) is 9.34. The van der Waals surface area contributed by atoms with Gasteiger partial charge in [0.15, 0.2) is 0 Å². The molecular weight excluding hydrogens is 240 g/mol. The van der Waals surface area contributed by atoms with E-state index in [1.54, 1.807) is 0 Å². The fourth-order valence-electron chi connectivity index (χ4n) is 6.07. The van der Waals surface area contributed by atoms with Crippen LogP contribution in [0.3, 0.4) is 0 Å². The van der Waals surface area contributed by atoms with Crippen molar-refractivity contribution in [2.45, 2.75) is 92.9 Å². The minimum Gasteiger partial charge on any atom is -0.0625 e. The largest absolute Gasteiger partial charge is 0.0625 e. The van der Waals surface area contributed by atoms with Crippen molar-refractivity contribution in [2.24, 2.45) is 34.5 Å². The summed E-state index contributed by atoms with van der Waals surface area (Å²) in [5.41, 5.74) is 1.25. The molecule has 2 aliphatic rings. The third-order valence-electron chi connectivity index (χ3n) is 7.40. The first kappa shape index (κ1) is 16.4. The molecule has 2 fully saturated rings. The zero-order chi connectivity index (χ0) is 15.0. The lowest BCUT2D eigenvalue weighted by atomic mass is 9.44. The summed E-state index contributed by atoms with van der Waals surface area (Å²) in [5, 5.41) is 0. The zero-order valence-corrected chi connectivity index (χ0v) is 15.0. The Morgan fingerprint density at radius 1 is 0.700 bits per heavy atom. The molecule has 0 saturated heterocycles. The van der Waals surface area contributed by atoms with Crippen LogP contribution in [0.15, 0.2) is 0 Å². The van der Waals surface area contributed by atoms with Crippen molar-refractivity contribution >= 4 is 0 Å². The summed E-state index contributed by atoms with van der Waals surface area (Å²) in [6.07, 6.45) is 11.9. The average molecular weight is 279 g/mol. The summed E-state index contributed by atoms with van der Waals surface area (Å²) in [4.78, 5) is 0. The normalized spacial score (nSPS) is 43.2. The second kappa shape index (κ2) is 6.01. The number of hydrogen-bond acceptors (Lipinski definition) is 0. The Balaban J connectivity index is 2.38. The Labute approximate surface area is 128 Å². The maximum absolute atomic E-state index is 2.53. The summed E-state index contributed by atoms with van der Waals surface area (Å²) in [7, 11) is 0. The third kappa shape index (κ3) is 2.57. The molecule has 0 heterocycles. The fourth-order valence-corrected chi connectivity index (χ4v) is 6.07. The molecule has 0 nitrogen and oxygen atoms in total. The Morgan fingerprint density at radius 2 is 1.25 bits per heavy atom. The van der Waals surface area contributed by atoms with E-state index in [9.17, 15) is 0 Å². The summed E-state index contributed by atoms with van der Waals surface area (Å²) in [5.74, 6) is 3.61. The van der Waals surface area contributed by atoms with E-state index in [4.69, 9.17) is 0 Å². The Kier molecular flexibility index (Phi) is 4.92. The van der Waals surface area contributed by atoms with Crippen LogP contribution < -0.4 is 0 Å². The van der Waals surface area contributed by atoms with Gasteiger partial charge in [0.2, 0.25) is 0 Å². The lowest BCUT2D eigenvalue weighted by molar-refractivity contribution is -0.117. The molecular formula is C20H38. The van der Waals surface area contributed by atoms with E-state index in [-0.39, 0.29) is 0 Å². The molecule has 0 spiro atoms. The van der Waals surface area contributed by atoms with E-state index in [0.717, 1.165) is 23.7 Å². The molecule has 20 heavy (non-hydrogen) atoms. The molecule has 0 bridgehead atoms. The predicted octanol–water partition coefficient (Wildman–Crippen LogP) is 6.69. The van der Waals surface area contributed by atoms with Crippen LogP contribution in [0.25, 0.3) is 0 Å². The van der Waals surface area contributed by atoms with Gasteiger partial charge >= 0.3 is 0 Å². The van der Waals surface area contributed by atoms with Crippen molar-refractivity contribution in [3.05, 3.63) is 0 Å². The van der Waals surface area contributed by atoms with Crippen LogP contribution >= 0.6 is 0 Å². The summed E-state index contributed by atoms with van der Waals surface area (Å²) in [6, 6.07) is 0. The monoisotopic (exact) mass is 278 g/mol. The van der Waals surface area contributed by atoms with Crippen molar-refractivity contribution in [3.63, 3.8) is 0 Å². The lowest BCUT2D eigenvalue weighted by Crippen LogP contribution is -2.52. The molecule has 0 aromatic carbocycles. The third-order valence-corrected chi connectivity index (χ3v) is 7.40. The van der Waals surface area contributed by atoms with Crippen molar-refractivity contribution in [2.75, 3.05) is 0 Å². The van der Waals surface area contributed by atoms with Gasteiger partial charge < -0.3 is 0 Å². The minimum atomic E-state index is 0.624. The van der Waals surface area contributed by atoms with Gasteiger partial charge in [-0.2, -0.15) is 0 Å². The van der Waals surface area contributed by atoms with Crippen LogP contribution in [0.2, 0.25) is 0 Å². The van der Waals surface area contributed by atoms with Gasteiger partial charge in [-0.3, -0.25) is 0 Å². The van der Waals surface area contributed by atoms with Crippen molar-refractivity contribution in [3.8, 4) is 0 Å². The van der Waals surface area contributed by atoms with Crippen LogP contribution in [-0.4, -0.2) is 0 Å². The predicted molar refractivity (Wildman–Crippen MR) is 89.8 cm³/mol. The second-order valence-corrected chi connectivity index (χ2v) is 9.01. The van der Waals surface area contributed by atoms with Gasteiger partial charge in [-0.25, -0.2) is 0 Å². The van der Waals surface area contributed by atoms with Crippen LogP contribution in [0.5, 0.6) is 0 Å². The molecule has 0 N–H and O–H groups in total. The van der Waals surface area contributed by atoms with Crippen molar-refractivity contribution in [1.82, 2.24) is 0 Å². The smallest absolute Gasteiger partial charge is 0.0213 e. The number of hydrogen-bond donors (Lipinski definition) is 0. The molecule has 2 atom stereocenters. The molecule has 0 radical (unpaired) electrons. The van der Waals surface area contributed by atoms with Crippen LogP contribution in [0, 0.1) is 34.5 Å². The molecule has 118 valence electrons. The summed E-state index contributed by atoms with van der Waals surface area (Å²) < 4.78 is 0. The quantitative estimate of drug-likeness (QED) is 0.539. The summed E-state index contributed by atoms with van der Waals surface area (Å²) >= 11 is 0. The second-order valence-electron chi connectivity index (χ2n) is 9.01. The molecule has 0 aromatic heterocycles. The van der Waals surface area contributed by atoms with Gasteiger partial charge in [0.1, 0.15) is 0 Å². The maximum atomic E-state index is 2.53. The van der Waals surface area contributed by atoms with E-state index in [0.29, 0.717) is 10.8 Å². The molecule has 0 aliphatic heterocycles. The van der Waals surface area contributed by atoms with Gasteiger partial charge in [0.05, 0.1) is 0 Å². The maximum Gasteiger partial charge on any atom is -0.0213 e. The minimum absolute atomic E-state index is 0.624. The highest BCUT2D eigenvalue weighted by Gasteiger charge is 2.55. The lowest BCUT2D eigenvalue weighted by Gasteiger charge is -2.61. The van der Waals surface area contributed by atoms with Crippen molar-refractivity contribution in [1.29, 1.82) is 0 Å². The van der Waals surface area contributed by atoms with E-state index < -0.39 is 0 Å². The SMILES string of the molecule is CC1CCC(C(C)C)(C2(C(C)C)CCCC(C)C2)CC1. The molecule has 2 aliphatic carbocycles. The highest BCUT2D eigenvalue weighted by Crippen LogP contribution is 2.64. The Hall–Kier alpha value is 0. The van der Waals surface area contributed by atoms with Crippen LogP contribution in [0.1, 0.15) is 92.9 Å². The van der Waals surface area contributed by atoms with E-state index in [1.165, 1.54) is 51.4 Å². The van der Waals surface area contributed by atoms with Gasteiger partial charge in [-0.05, 0) is 60.2 Å². The summed E-state index contributed by atoms with van der Waals surface area (Å²) in [6.45, 7) is 15.1. The molecule has 2 saturated carbocycles. The molecule has 0 aromatic rings. The molecule has 2 unspecified atom stereocenters. The Bertz CT molecular complexity index is 306. The Morgan fingerprint density at radius 3 is 1.70 bits per heavy atom. The average Bonchev–Trinajstić information content (AvgIpc) is 2.39. The highest BCUT2D eigenvalue weighted by atomic mass is 14.6. The number of rotatable bonds is 3. The van der Waals surface area contributed by atoms with Crippen LogP contribution in [-0.2, 0) is 0 Å². The zero-order valence-electron chi connectivity index (χ0n) is 15.0. The van der Waals surface area contributed by atoms with E-state index in [1.807, 2.05) is 0 Å². The molecule has 0 heteroatoms. The molecule has 2 rings (SSSR count). The van der Waals surface area contributed by atoms with E-state index >= 15 is 0 Å². The van der Waals surface area contributed by atoms with Gasteiger partial charge in [-0.1, -0.05) is 67.2 Å². The van der Waals surface area contributed by atoms with Gasteiger partial charge in [0, 0.05) is 0 Å². The first-order valence-corrected chi connectivity index (χ1v) is 9.34. The van der Waals surface area contributed by atoms with E-state index in [2.05, 4.69) is 41.5 Å². The molecule has 0 amide bonds. The van der Waals surface area contributed by atoms with Crippen molar-refractivity contribution < 1.29 is 0 Å². The van der Waals surface area contributed by atoms with Gasteiger partial charge in [-0.15, -0.1) is 0 Å². The first-order chi connectivity index (χ1) is 9.34. The van der Waals surface area contributed by atoms with Gasteiger partial charge in [0.25, 0.3) is 0 Å². The van der Waals surface area contributed by atoms with Crippen LogP contribution in [0.4, 0.5) is 0 Å². The fraction of sp³-hybridized carbons (Fsp3) is 1.00. The topological polar surface area (TPSA) is 0 Å². The highest BCUT2D eigenvalue weighted by molar-refractivity contribution is 5.05.